The number of fused-ring (bicyclic) bond motifs is 2. The number of pyridine rings is 1. The van der Waals surface area contributed by atoms with Crippen LogP contribution in [0.3, 0.4) is 0 Å². The molecule has 0 saturated heterocycles. The molecule has 3 heterocycles. The topological polar surface area (TPSA) is 108 Å². The van der Waals surface area contributed by atoms with Gasteiger partial charge in [0.2, 0.25) is 6.79 Å². The monoisotopic (exact) mass is 474 g/mol. The van der Waals surface area contributed by atoms with Crippen molar-refractivity contribution in [2.45, 2.75) is 26.0 Å². The van der Waals surface area contributed by atoms with Gasteiger partial charge in [0, 0.05) is 24.2 Å². The molecular formula is C26H26N4O5. The number of carbonyl (C=O) groups excluding carboxylic acids is 1. The number of hydrogen-bond donors (Lipinski definition) is 2. The van der Waals surface area contributed by atoms with Crippen molar-refractivity contribution in [3.8, 4) is 28.5 Å². The van der Waals surface area contributed by atoms with Gasteiger partial charge in [-0.15, -0.1) is 0 Å². The van der Waals surface area contributed by atoms with Crippen LogP contribution in [0.1, 0.15) is 30.2 Å². The number of rotatable bonds is 8. The minimum Gasteiger partial charge on any atom is -0.491 e. The molecule has 0 radical (unpaired) electrons. The van der Waals surface area contributed by atoms with Gasteiger partial charge in [0.1, 0.15) is 18.5 Å². The quantitative estimate of drug-likeness (QED) is 0.402. The van der Waals surface area contributed by atoms with Crippen molar-refractivity contribution in [1.29, 1.82) is 0 Å². The Kier molecular flexibility index (Phi) is 6.24. The first-order valence-electron chi connectivity index (χ1n) is 11.4. The summed E-state index contributed by atoms with van der Waals surface area (Å²) in [6.45, 7) is 4.23. The summed E-state index contributed by atoms with van der Waals surface area (Å²) in [6, 6.07) is 16.7. The number of benzene rings is 2. The lowest BCUT2D eigenvalue weighted by Crippen LogP contribution is -2.35. The second kappa shape index (κ2) is 9.63. The minimum atomic E-state index is -0.909. The van der Waals surface area contributed by atoms with Gasteiger partial charge in [0.15, 0.2) is 17.1 Å². The van der Waals surface area contributed by atoms with Crippen LogP contribution in [-0.4, -0.2) is 51.8 Å². The molecule has 2 aromatic carbocycles. The Hall–Kier alpha value is -4.11. The zero-order chi connectivity index (χ0) is 24.4. The lowest BCUT2D eigenvalue weighted by Gasteiger charge is -2.14. The fourth-order valence-electron chi connectivity index (χ4n) is 3.86. The van der Waals surface area contributed by atoms with Gasteiger partial charge in [-0.05, 0) is 32.0 Å². The van der Waals surface area contributed by atoms with Gasteiger partial charge >= 0.3 is 0 Å². The van der Waals surface area contributed by atoms with E-state index >= 15 is 0 Å². The number of hydrogen-bond acceptors (Lipinski definition) is 7. The zero-order valence-electron chi connectivity index (χ0n) is 19.5. The predicted octanol–water partition coefficient (Wildman–Crippen LogP) is 3.58. The summed E-state index contributed by atoms with van der Waals surface area (Å²) in [6.07, 6.45) is 0.749. The van der Waals surface area contributed by atoms with Crippen molar-refractivity contribution in [2.75, 3.05) is 19.9 Å². The zero-order valence-corrected chi connectivity index (χ0v) is 19.5. The van der Waals surface area contributed by atoms with Crippen molar-refractivity contribution >= 4 is 16.9 Å². The van der Waals surface area contributed by atoms with Crippen LogP contribution in [-0.2, 0) is 0 Å². The maximum absolute atomic E-state index is 13.2. The van der Waals surface area contributed by atoms with Crippen LogP contribution in [0, 0.1) is 0 Å². The lowest BCUT2D eigenvalue weighted by molar-refractivity contribution is 0.0844. The third-order valence-electron chi connectivity index (χ3n) is 5.65. The van der Waals surface area contributed by atoms with Crippen molar-refractivity contribution in [3.63, 3.8) is 0 Å². The maximum Gasteiger partial charge on any atom is 0.252 e. The van der Waals surface area contributed by atoms with Crippen LogP contribution in [0.25, 0.3) is 22.3 Å². The van der Waals surface area contributed by atoms with Crippen LogP contribution < -0.4 is 19.5 Å². The lowest BCUT2D eigenvalue weighted by atomic mass is 10.1. The highest BCUT2D eigenvalue weighted by Crippen LogP contribution is 2.35. The summed E-state index contributed by atoms with van der Waals surface area (Å²) in [5.74, 6) is 1.48. The predicted molar refractivity (Wildman–Crippen MR) is 130 cm³/mol. The van der Waals surface area contributed by atoms with Gasteiger partial charge in [0.05, 0.1) is 22.8 Å². The van der Waals surface area contributed by atoms with Gasteiger partial charge in [-0.2, -0.15) is 5.10 Å². The van der Waals surface area contributed by atoms with Gasteiger partial charge in [-0.3, -0.25) is 4.79 Å². The highest BCUT2D eigenvalue weighted by atomic mass is 16.7. The average molecular weight is 475 g/mol. The van der Waals surface area contributed by atoms with E-state index < -0.39 is 6.10 Å². The molecule has 0 aliphatic carbocycles. The van der Waals surface area contributed by atoms with E-state index in [9.17, 15) is 9.90 Å². The van der Waals surface area contributed by atoms with Crippen LogP contribution in [0.2, 0.25) is 0 Å². The molecule has 180 valence electrons. The standard InChI is InChI=1S/C26H26N4O5/c1-16(2)30-25-21(13-28-30)20(11-22(29-25)17-6-4-3-5-7-17)26(32)27-12-18(31)14-33-19-8-9-23-24(10-19)35-15-34-23/h3-11,13,16,18,31H,12,14-15H2,1-2H3,(H,27,32). The fraction of sp³-hybridized carbons (Fsp3) is 0.269. The number of aromatic nitrogens is 3. The SMILES string of the molecule is CC(C)n1ncc2c(C(=O)NCC(O)COc3ccc4c(c3)OCO4)cc(-c3ccccc3)nc21. The number of amides is 1. The van der Waals surface area contributed by atoms with E-state index in [1.165, 1.54) is 0 Å². The second-order valence-corrected chi connectivity index (χ2v) is 8.53. The second-order valence-electron chi connectivity index (χ2n) is 8.53. The normalized spacial score (nSPS) is 13.3. The summed E-state index contributed by atoms with van der Waals surface area (Å²) < 4.78 is 18.1. The largest absolute Gasteiger partial charge is 0.491 e. The Balaban J connectivity index is 1.30. The summed E-state index contributed by atoms with van der Waals surface area (Å²) >= 11 is 0. The number of aliphatic hydroxyl groups excluding tert-OH is 1. The van der Waals surface area contributed by atoms with E-state index in [1.807, 2.05) is 44.2 Å². The molecule has 2 aromatic heterocycles. The number of ether oxygens (including phenoxy) is 3. The molecule has 2 N–H and O–H groups in total. The molecule has 9 heteroatoms. The summed E-state index contributed by atoms with van der Waals surface area (Å²) in [7, 11) is 0. The highest BCUT2D eigenvalue weighted by molar-refractivity contribution is 6.06. The summed E-state index contributed by atoms with van der Waals surface area (Å²) in [4.78, 5) is 18.0. The first-order valence-corrected chi connectivity index (χ1v) is 11.4. The van der Waals surface area contributed by atoms with E-state index in [0.29, 0.717) is 39.5 Å². The van der Waals surface area contributed by atoms with Crippen molar-refractivity contribution in [3.05, 3.63) is 66.4 Å². The maximum atomic E-state index is 13.2. The Morgan fingerprint density at radius 2 is 1.94 bits per heavy atom. The molecule has 1 unspecified atom stereocenters. The molecule has 0 saturated carbocycles. The van der Waals surface area contributed by atoms with Gasteiger partial charge in [-0.25, -0.2) is 9.67 Å². The smallest absolute Gasteiger partial charge is 0.252 e. The molecule has 1 atom stereocenters. The Labute approximate surface area is 202 Å². The van der Waals surface area contributed by atoms with Crippen molar-refractivity contribution in [2.24, 2.45) is 0 Å². The highest BCUT2D eigenvalue weighted by Gasteiger charge is 2.20. The fourth-order valence-corrected chi connectivity index (χ4v) is 3.86. The van der Waals surface area contributed by atoms with Gasteiger partial charge in [-0.1, -0.05) is 30.3 Å². The number of nitrogens with zero attached hydrogens (tertiary/aromatic N) is 3. The minimum absolute atomic E-state index is 0.00618. The molecule has 1 amide bonds. The van der Waals surface area contributed by atoms with E-state index in [4.69, 9.17) is 19.2 Å². The summed E-state index contributed by atoms with van der Waals surface area (Å²) in [5.41, 5.74) is 2.66. The molecule has 9 nitrogen and oxygen atoms in total. The summed E-state index contributed by atoms with van der Waals surface area (Å²) in [5, 5.41) is 18.3. The average Bonchev–Trinajstić information content (AvgIpc) is 3.52. The molecule has 0 fully saturated rings. The third-order valence-corrected chi connectivity index (χ3v) is 5.65. The molecule has 1 aliphatic heterocycles. The van der Waals surface area contributed by atoms with Crippen LogP contribution in [0.5, 0.6) is 17.2 Å². The van der Waals surface area contributed by atoms with Gasteiger partial charge < -0.3 is 24.6 Å². The van der Waals surface area contributed by atoms with E-state index in [2.05, 4.69) is 10.4 Å². The third kappa shape index (κ3) is 4.76. The van der Waals surface area contributed by atoms with Gasteiger partial charge in [0.25, 0.3) is 5.91 Å². The first-order chi connectivity index (χ1) is 17.0. The molecular weight excluding hydrogens is 448 g/mol. The van der Waals surface area contributed by atoms with Crippen molar-refractivity contribution in [1.82, 2.24) is 20.1 Å². The number of aliphatic hydroxyl groups is 1. The Bertz CT molecular complexity index is 1350. The molecule has 4 aromatic rings. The van der Waals surface area contributed by atoms with Crippen LogP contribution in [0.15, 0.2) is 60.8 Å². The van der Waals surface area contributed by atoms with Crippen LogP contribution in [0.4, 0.5) is 0 Å². The molecule has 0 spiro atoms. The van der Waals surface area contributed by atoms with E-state index in [-0.39, 0.29) is 31.9 Å². The van der Waals surface area contributed by atoms with Crippen LogP contribution >= 0.6 is 0 Å². The van der Waals surface area contributed by atoms with E-state index in [1.54, 1.807) is 35.1 Å². The molecule has 35 heavy (non-hydrogen) atoms. The number of carbonyl (C=O) groups is 1. The number of nitrogens with one attached hydrogen (secondary N) is 1. The van der Waals surface area contributed by atoms with Crippen molar-refractivity contribution < 1.29 is 24.1 Å². The molecule has 5 rings (SSSR count). The Morgan fingerprint density at radius 3 is 2.74 bits per heavy atom. The van der Waals surface area contributed by atoms with E-state index in [0.717, 1.165) is 5.56 Å². The molecule has 0 bridgehead atoms. The first kappa shape index (κ1) is 22.7. The Morgan fingerprint density at radius 1 is 1.14 bits per heavy atom. The molecule has 1 aliphatic rings.